The number of hydrogen-bond donors (Lipinski definition) is 0. The number of hydrogen-bond acceptors (Lipinski definition) is 3. The average molecular weight is 273 g/mol. The topological polar surface area (TPSA) is 33.5 Å². The van der Waals surface area contributed by atoms with E-state index in [4.69, 9.17) is 4.42 Å². The van der Waals surface area contributed by atoms with Crippen LogP contribution < -0.4 is 0 Å². The molecule has 3 rings (SSSR count). The van der Waals surface area contributed by atoms with Crippen molar-refractivity contribution >= 4 is 23.3 Å². The third kappa shape index (κ3) is 3.15. The highest BCUT2D eigenvalue weighted by Gasteiger charge is 2.31. The number of carbonyl (C=O) groups excluding carboxylic acids is 1. The van der Waals surface area contributed by atoms with Crippen LogP contribution in [0.25, 0.3) is 6.08 Å². The smallest absolute Gasteiger partial charge is 0.247 e. The largest absolute Gasteiger partial charge is 0.465 e. The van der Waals surface area contributed by atoms with E-state index in [0.29, 0.717) is 18.3 Å². The highest BCUT2D eigenvalue weighted by atomic mass is 32.1. The van der Waals surface area contributed by atoms with Gasteiger partial charge < -0.3 is 9.32 Å². The number of thiophene rings is 1. The molecular formula is C15H15NO2S. The van der Waals surface area contributed by atoms with Crippen molar-refractivity contribution in [1.82, 2.24) is 4.90 Å². The Hall–Kier alpha value is -1.81. The van der Waals surface area contributed by atoms with Crippen molar-refractivity contribution in [3.8, 4) is 0 Å². The van der Waals surface area contributed by atoms with E-state index >= 15 is 0 Å². The molecule has 2 aromatic rings. The van der Waals surface area contributed by atoms with Crippen LogP contribution in [0.2, 0.25) is 0 Å². The van der Waals surface area contributed by atoms with E-state index in [0.717, 1.165) is 12.8 Å². The second-order valence-electron chi connectivity index (χ2n) is 4.68. The van der Waals surface area contributed by atoms with E-state index in [2.05, 4.69) is 11.4 Å². The van der Waals surface area contributed by atoms with Crippen molar-refractivity contribution in [1.29, 1.82) is 0 Å². The molecule has 2 aromatic heterocycles. The molecule has 0 atom stereocenters. The van der Waals surface area contributed by atoms with Gasteiger partial charge in [0.1, 0.15) is 5.76 Å². The quantitative estimate of drug-likeness (QED) is 0.781. The molecule has 1 amide bonds. The molecule has 1 saturated carbocycles. The zero-order chi connectivity index (χ0) is 13.1. The van der Waals surface area contributed by atoms with Gasteiger partial charge in [0.25, 0.3) is 0 Å². The number of amides is 1. The molecular weight excluding hydrogens is 258 g/mol. The normalized spacial score (nSPS) is 14.9. The summed E-state index contributed by atoms with van der Waals surface area (Å²) in [7, 11) is 0. The lowest BCUT2D eigenvalue weighted by Gasteiger charge is -2.20. The molecule has 1 aliphatic rings. The lowest BCUT2D eigenvalue weighted by atomic mass is 10.3. The standard InChI is InChI=1S/C15H15NO2S/c17-15(6-5-14-2-1-8-18-14)16(13-3-4-13)10-12-7-9-19-11-12/h1-2,5-9,11,13H,3-4,10H2. The van der Waals surface area contributed by atoms with Gasteiger partial charge in [-0.25, -0.2) is 0 Å². The van der Waals surface area contributed by atoms with Gasteiger partial charge >= 0.3 is 0 Å². The molecule has 0 N–H and O–H groups in total. The molecule has 0 unspecified atom stereocenters. The fourth-order valence-electron chi connectivity index (χ4n) is 1.99. The average Bonchev–Trinajstić information content (AvgIpc) is 2.94. The van der Waals surface area contributed by atoms with E-state index < -0.39 is 0 Å². The van der Waals surface area contributed by atoms with E-state index in [9.17, 15) is 4.79 Å². The summed E-state index contributed by atoms with van der Waals surface area (Å²) in [6.07, 6.45) is 7.16. The van der Waals surface area contributed by atoms with E-state index in [1.807, 2.05) is 22.4 Å². The first-order chi connectivity index (χ1) is 9.33. The van der Waals surface area contributed by atoms with E-state index in [-0.39, 0.29) is 5.91 Å². The van der Waals surface area contributed by atoms with Crippen LogP contribution in [0, 0.1) is 0 Å². The minimum absolute atomic E-state index is 0.0603. The molecule has 1 fully saturated rings. The summed E-state index contributed by atoms with van der Waals surface area (Å²) in [5, 5.41) is 4.14. The van der Waals surface area contributed by atoms with Gasteiger partial charge in [0.15, 0.2) is 0 Å². The predicted octanol–water partition coefficient (Wildman–Crippen LogP) is 3.55. The van der Waals surface area contributed by atoms with Gasteiger partial charge in [-0.1, -0.05) is 0 Å². The molecule has 0 aromatic carbocycles. The van der Waals surface area contributed by atoms with Crippen LogP contribution in [0.1, 0.15) is 24.2 Å². The fraction of sp³-hybridized carbons (Fsp3) is 0.267. The Labute approximate surface area is 116 Å². The molecule has 98 valence electrons. The Morgan fingerprint density at radius 1 is 1.47 bits per heavy atom. The van der Waals surface area contributed by atoms with Gasteiger partial charge in [-0.3, -0.25) is 4.79 Å². The van der Waals surface area contributed by atoms with Gasteiger partial charge in [0.2, 0.25) is 5.91 Å². The van der Waals surface area contributed by atoms with Crippen LogP contribution >= 0.6 is 11.3 Å². The lowest BCUT2D eigenvalue weighted by molar-refractivity contribution is -0.127. The van der Waals surface area contributed by atoms with Crippen LogP contribution in [-0.4, -0.2) is 16.8 Å². The van der Waals surface area contributed by atoms with Crippen LogP contribution in [-0.2, 0) is 11.3 Å². The molecule has 0 spiro atoms. The van der Waals surface area contributed by atoms with Gasteiger partial charge in [0, 0.05) is 18.7 Å². The van der Waals surface area contributed by atoms with Crippen molar-refractivity contribution in [3.63, 3.8) is 0 Å². The Balaban J connectivity index is 1.68. The van der Waals surface area contributed by atoms with Gasteiger partial charge in [-0.2, -0.15) is 11.3 Å². The van der Waals surface area contributed by atoms with Crippen molar-refractivity contribution in [3.05, 3.63) is 52.6 Å². The molecule has 4 heteroatoms. The summed E-state index contributed by atoms with van der Waals surface area (Å²) in [5.41, 5.74) is 1.21. The maximum atomic E-state index is 12.2. The molecule has 0 aliphatic heterocycles. The fourth-order valence-corrected chi connectivity index (χ4v) is 2.65. The summed E-state index contributed by atoms with van der Waals surface area (Å²) in [4.78, 5) is 14.2. The van der Waals surface area contributed by atoms with Crippen molar-refractivity contribution in [2.75, 3.05) is 0 Å². The molecule has 2 heterocycles. The number of rotatable bonds is 5. The Kier molecular flexibility index (Phi) is 3.51. The first kappa shape index (κ1) is 12.2. The zero-order valence-corrected chi connectivity index (χ0v) is 11.3. The van der Waals surface area contributed by atoms with Gasteiger partial charge in [-0.05, 0) is 53.4 Å². The minimum atomic E-state index is 0.0603. The minimum Gasteiger partial charge on any atom is -0.465 e. The monoisotopic (exact) mass is 273 g/mol. The number of nitrogens with zero attached hydrogens (tertiary/aromatic N) is 1. The van der Waals surface area contributed by atoms with Crippen LogP contribution in [0.15, 0.2) is 45.7 Å². The zero-order valence-electron chi connectivity index (χ0n) is 10.5. The highest BCUT2D eigenvalue weighted by Crippen LogP contribution is 2.29. The van der Waals surface area contributed by atoms with E-state index in [1.54, 1.807) is 29.8 Å². The highest BCUT2D eigenvalue weighted by molar-refractivity contribution is 7.07. The summed E-state index contributed by atoms with van der Waals surface area (Å²) in [6.45, 7) is 0.704. The summed E-state index contributed by atoms with van der Waals surface area (Å²) in [6, 6.07) is 6.13. The molecule has 0 radical (unpaired) electrons. The Bertz CT molecular complexity index is 553. The maximum Gasteiger partial charge on any atom is 0.247 e. The van der Waals surface area contributed by atoms with Crippen LogP contribution in [0.4, 0.5) is 0 Å². The summed E-state index contributed by atoms with van der Waals surface area (Å²) >= 11 is 1.67. The molecule has 1 aliphatic carbocycles. The van der Waals surface area contributed by atoms with Crippen LogP contribution in [0.5, 0.6) is 0 Å². The third-order valence-electron chi connectivity index (χ3n) is 3.14. The van der Waals surface area contributed by atoms with Gasteiger partial charge in [0.05, 0.1) is 6.26 Å². The maximum absolute atomic E-state index is 12.2. The second-order valence-corrected chi connectivity index (χ2v) is 5.46. The van der Waals surface area contributed by atoms with Crippen molar-refractivity contribution < 1.29 is 9.21 Å². The molecule has 19 heavy (non-hydrogen) atoms. The Morgan fingerprint density at radius 2 is 2.37 bits per heavy atom. The Morgan fingerprint density at radius 3 is 3.00 bits per heavy atom. The van der Waals surface area contributed by atoms with Crippen LogP contribution in [0.3, 0.4) is 0 Å². The SMILES string of the molecule is O=C(C=Cc1ccco1)N(Cc1ccsc1)C1CC1. The molecule has 3 nitrogen and oxygen atoms in total. The lowest BCUT2D eigenvalue weighted by Crippen LogP contribution is -2.30. The second kappa shape index (κ2) is 5.45. The summed E-state index contributed by atoms with van der Waals surface area (Å²) < 4.78 is 5.19. The summed E-state index contributed by atoms with van der Waals surface area (Å²) in [5.74, 6) is 0.768. The van der Waals surface area contributed by atoms with Crippen molar-refractivity contribution in [2.24, 2.45) is 0 Å². The number of carbonyl (C=O) groups is 1. The predicted molar refractivity (Wildman–Crippen MR) is 75.6 cm³/mol. The third-order valence-corrected chi connectivity index (χ3v) is 3.87. The molecule has 0 saturated heterocycles. The van der Waals surface area contributed by atoms with Crippen molar-refractivity contribution in [2.45, 2.75) is 25.4 Å². The van der Waals surface area contributed by atoms with Gasteiger partial charge in [-0.15, -0.1) is 0 Å². The molecule has 0 bridgehead atoms. The first-order valence-corrected chi connectivity index (χ1v) is 7.30. The number of furan rings is 1. The first-order valence-electron chi connectivity index (χ1n) is 6.36. The van der Waals surface area contributed by atoms with E-state index in [1.165, 1.54) is 5.56 Å².